The summed E-state index contributed by atoms with van der Waals surface area (Å²) in [5.74, 6) is 0.330. The van der Waals surface area contributed by atoms with Gasteiger partial charge < -0.3 is 9.73 Å². The number of rotatable bonds is 3. The van der Waals surface area contributed by atoms with Crippen LogP contribution in [-0.4, -0.2) is 11.8 Å². The number of alkyl halides is 1. The van der Waals surface area contributed by atoms with Crippen molar-refractivity contribution < 1.29 is 9.21 Å². The number of furan rings is 1. The molecule has 0 aliphatic carbocycles. The van der Waals surface area contributed by atoms with E-state index in [0.717, 1.165) is 0 Å². The van der Waals surface area contributed by atoms with Crippen molar-refractivity contribution in [1.82, 2.24) is 5.32 Å². The average molecular weight is 208 g/mol. The lowest BCUT2D eigenvalue weighted by molar-refractivity contribution is -0.118. The molecule has 0 fully saturated rings. The molecule has 1 aromatic heterocycles. The minimum atomic E-state index is -0.232. The van der Waals surface area contributed by atoms with Crippen LogP contribution in [0.3, 0.4) is 0 Å². The first-order chi connectivity index (χ1) is 5.72. The minimum absolute atomic E-state index is 0.0472. The molecule has 0 spiro atoms. The molecular formula is C7H7Cl2NO2. The first-order valence-corrected chi connectivity index (χ1v) is 4.20. The number of carbonyl (C=O) groups excluding carboxylic acids is 1. The molecule has 3 nitrogen and oxygen atoms in total. The predicted octanol–water partition coefficient (Wildman–Crippen LogP) is 1.79. The maximum absolute atomic E-state index is 10.7. The monoisotopic (exact) mass is 207 g/mol. The molecule has 1 rings (SSSR count). The van der Waals surface area contributed by atoms with E-state index >= 15 is 0 Å². The van der Waals surface area contributed by atoms with Gasteiger partial charge in [-0.15, -0.1) is 11.6 Å². The number of amides is 1. The second-order valence-corrected chi connectivity index (χ2v) is 2.76. The molecule has 0 aromatic carbocycles. The van der Waals surface area contributed by atoms with Crippen molar-refractivity contribution in [2.45, 2.75) is 6.54 Å². The number of hydrogen-bond acceptors (Lipinski definition) is 2. The van der Waals surface area contributed by atoms with Crippen molar-refractivity contribution in [2.75, 3.05) is 5.88 Å². The van der Waals surface area contributed by atoms with Gasteiger partial charge in [-0.1, -0.05) is 0 Å². The van der Waals surface area contributed by atoms with Crippen molar-refractivity contribution in [3.05, 3.63) is 23.1 Å². The average Bonchev–Trinajstić information content (AvgIpc) is 2.47. The lowest BCUT2D eigenvalue weighted by atomic mass is 10.4. The molecule has 1 heterocycles. The smallest absolute Gasteiger partial charge is 0.235 e. The van der Waals surface area contributed by atoms with Crippen LogP contribution in [0.25, 0.3) is 0 Å². The number of nitrogens with one attached hydrogen (secondary N) is 1. The summed E-state index contributed by atoms with van der Waals surface area (Å²) in [5.41, 5.74) is 0. The molecule has 0 unspecified atom stereocenters. The quantitative estimate of drug-likeness (QED) is 0.769. The molecule has 0 bridgehead atoms. The van der Waals surface area contributed by atoms with Crippen LogP contribution in [0.4, 0.5) is 0 Å². The van der Waals surface area contributed by atoms with Crippen molar-refractivity contribution in [2.24, 2.45) is 0 Å². The highest BCUT2D eigenvalue weighted by Gasteiger charge is 2.01. The molecule has 1 aromatic rings. The fourth-order valence-electron chi connectivity index (χ4n) is 0.680. The summed E-state index contributed by atoms with van der Waals surface area (Å²) in [6, 6.07) is 3.31. The van der Waals surface area contributed by atoms with Crippen LogP contribution in [0.1, 0.15) is 5.76 Å². The zero-order chi connectivity index (χ0) is 8.97. The number of hydrogen-bond donors (Lipinski definition) is 1. The highest BCUT2D eigenvalue weighted by atomic mass is 35.5. The van der Waals surface area contributed by atoms with E-state index in [1.165, 1.54) is 0 Å². The van der Waals surface area contributed by atoms with E-state index in [1.54, 1.807) is 12.1 Å². The summed E-state index contributed by atoms with van der Waals surface area (Å²) < 4.78 is 4.99. The standard InChI is InChI=1S/C7H7Cl2NO2/c8-3-7(11)10-4-5-1-2-6(9)12-5/h1-2H,3-4H2,(H,10,11). The molecular weight excluding hydrogens is 201 g/mol. The van der Waals surface area contributed by atoms with E-state index in [0.29, 0.717) is 17.5 Å². The Morgan fingerprint density at radius 3 is 2.83 bits per heavy atom. The van der Waals surface area contributed by atoms with Gasteiger partial charge in [0.15, 0.2) is 5.22 Å². The molecule has 12 heavy (non-hydrogen) atoms. The van der Waals surface area contributed by atoms with Crippen molar-refractivity contribution in [1.29, 1.82) is 0 Å². The zero-order valence-corrected chi connectivity index (χ0v) is 7.65. The molecule has 0 saturated heterocycles. The molecule has 0 saturated carbocycles. The molecule has 1 N–H and O–H groups in total. The van der Waals surface area contributed by atoms with Gasteiger partial charge in [-0.05, 0) is 23.7 Å². The van der Waals surface area contributed by atoms with Gasteiger partial charge in [-0.3, -0.25) is 4.79 Å². The summed E-state index contributed by atoms with van der Waals surface area (Å²) in [5, 5.41) is 2.85. The largest absolute Gasteiger partial charge is 0.448 e. The predicted molar refractivity (Wildman–Crippen MR) is 46.3 cm³/mol. The van der Waals surface area contributed by atoms with Crippen molar-refractivity contribution in [3.63, 3.8) is 0 Å². The minimum Gasteiger partial charge on any atom is -0.448 e. The van der Waals surface area contributed by atoms with E-state index in [4.69, 9.17) is 27.6 Å². The summed E-state index contributed by atoms with van der Waals surface area (Å²) in [4.78, 5) is 10.7. The van der Waals surface area contributed by atoms with E-state index in [-0.39, 0.29) is 11.8 Å². The van der Waals surface area contributed by atoms with Gasteiger partial charge in [0.1, 0.15) is 11.6 Å². The Bertz CT molecular complexity index is 272. The van der Waals surface area contributed by atoms with Crippen LogP contribution in [0, 0.1) is 0 Å². The number of halogens is 2. The topological polar surface area (TPSA) is 42.2 Å². The molecule has 66 valence electrons. The second-order valence-electron chi connectivity index (χ2n) is 2.12. The lowest BCUT2D eigenvalue weighted by Crippen LogP contribution is -2.23. The van der Waals surface area contributed by atoms with Crippen molar-refractivity contribution >= 4 is 29.1 Å². The lowest BCUT2D eigenvalue weighted by Gasteiger charge is -1.97. The zero-order valence-electron chi connectivity index (χ0n) is 6.14. The summed E-state index contributed by atoms with van der Waals surface area (Å²) in [7, 11) is 0. The first kappa shape index (κ1) is 9.42. The van der Waals surface area contributed by atoms with Gasteiger partial charge in [-0.25, -0.2) is 0 Å². The number of carbonyl (C=O) groups is 1. The fourth-order valence-corrected chi connectivity index (χ4v) is 0.936. The Morgan fingerprint density at radius 2 is 2.33 bits per heavy atom. The van der Waals surface area contributed by atoms with Crippen LogP contribution >= 0.6 is 23.2 Å². The van der Waals surface area contributed by atoms with Gasteiger partial charge in [0.2, 0.25) is 5.91 Å². The Morgan fingerprint density at radius 1 is 1.58 bits per heavy atom. The third-order valence-electron chi connectivity index (χ3n) is 1.21. The maximum Gasteiger partial charge on any atom is 0.235 e. The maximum atomic E-state index is 10.7. The van der Waals surface area contributed by atoms with Gasteiger partial charge in [-0.2, -0.15) is 0 Å². The van der Waals surface area contributed by atoms with Crippen LogP contribution in [0.15, 0.2) is 16.5 Å². The third kappa shape index (κ3) is 2.75. The SMILES string of the molecule is O=C(CCl)NCc1ccc(Cl)o1. The molecule has 0 aliphatic heterocycles. The molecule has 0 aliphatic rings. The van der Waals surface area contributed by atoms with Gasteiger partial charge in [0.05, 0.1) is 6.54 Å². The summed E-state index contributed by atoms with van der Waals surface area (Å²) in [6.45, 7) is 0.318. The van der Waals surface area contributed by atoms with E-state index in [2.05, 4.69) is 5.32 Å². The third-order valence-corrected chi connectivity index (χ3v) is 1.66. The highest BCUT2D eigenvalue weighted by molar-refractivity contribution is 6.28. The van der Waals surface area contributed by atoms with Crippen LogP contribution in [0.5, 0.6) is 0 Å². The molecule has 5 heteroatoms. The Kier molecular flexibility index (Phi) is 3.44. The highest BCUT2D eigenvalue weighted by Crippen LogP contribution is 2.12. The Labute approximate surface area is 79.6 Å². The van der Waals surface area contributed by atoms with Gasteiger partial charge >= 0.3 is 0 Å². The van der Waals surface area contributed by atoms with Crippen LogP contribution in [-0.2, 0) is 11.3 Å². The normalized spacial score (nSPS) is 9.83. The second kappa shape index (κ2) is 4.38. The molecule has 0 atom stereocenters. The Balaban J connectivity index is 2.38. The fraction of sp³-hybridized carbons (Fsp3) is 0.286. The molecule has 0 radical (unpaired) electrons. The van der Waals surface area contributed by atoms with Crippen molar-refractivity contribution in [3.8, 4) is 0 Å². The van der Waals surface area contributed by atoms with E-state index in [1.807, 2.05) is 0 Å². The van der Waals surface area contributed by atoms with Crippen LogP contribution in [0.2, 0.25) is 5.22 Å². The Hall–Kier alpha value is -0.670. The van der Waals surface area contributed by atoms with Crippen LogP contribution < -0.4 is 5.32 Å². The van der Waals surface area contributed by atoms with Gasteiger partial charge in [0, 0.05) is 0 Å². The summed E-state index contributed by atoms with van der Waals surface area (Å²) >= 11 is 10.8. The summed E-state index contributed by atoms with van der Waals surface area (Å²) in [6.07, 6.45) is 0. The van der Waals surface area contributed by atoms with E-state index < -0.39 is 0 Å². The first-order valence-electron chi connectivity index (χ1n) is 3.29. The van der Waals surface area contributed by atoms with Gasteiger partial charge in [0.25, 0.3) is 0 Å². The van der Waals surface area contributed by atoms with E-state index in [9.17, 15) is 4.79 Å². The molecule has 1 amide bonds.